The molecule has 0 saturated carbocycles. The molecular formula is C14H18FNO. The van der Waals surface area contributed by atoms with Gasteiger partial charge in [0.1, 0.15) is 6.67 Å². The highest BCUT2D eigenvalue weighted by Crippen LogP contribution is 2.23. The minimum Gasteiger partial charge on any atom is -0.512 e. The lowest BCUT2D eigenvalue weighted by atomic mass is 9.99. The maximum absolute atomic E-state index is 12.5. The van der Waals surface area contributed by atoms with E-state index in [0.717, 1.165) is 5.56 Å². The van der Waals surface area contributed by atoms with Gasteiger partial charge in [-0.1, -0.05) is 37.8 Å². The van der Waals surface area contributed by atoms with Crippen molar-refractivity contribution in [2.75, 3.05) is 6.67 Å². The van der Waals surface area contributed by atoms with Crippen LogP contribution in [0.2, 0.25) is 0 Å². The molecule has 17 heavy (non-hydrogen) atoms. The quantitative estimate of drug-likeness (QED) is 0.606. The Labute approximate surface area is 101 Å². The van der Waals surface area contributed by atoms with Crippen LogP contribution >= 0.6 is 0 Å². The van der Waals surface area contributed by atoms with Gasteiger partial charge in [-0.05, 0) is 17.2 Å². The Kier molecular flexibility index (Phi) is 4.91. The Morgan fingerprint density at radius 1 is 1.59 bits per heavy atom. The maximum Gasteiger partial charge on any atom is 0.109 e. The number of aliphatic hydroxyl groups excluding tert-OH is 1. The lowest BCUT2D eigenvalue weighted by molar-refractivity contribution is 0.398. The molecule has 0 aliphatic carbocycles. The summed E-state index contributed by atoms with van der Waals surface area (Å²) in [6.45, 7) is 4.93. The number of halogens is 1. The van der Waals surface area contributed by atoms with Crippen LogP contribution in [0.25, 0.3) is 5.57 Å². The fourth-order valence-electron chi connectivity index (χ4n) is 1.62. The van der Waals surface area contributed by atoms with Crippen LogP contribution < -0.4 is 5.73 Å². The van der Waals surface area contributed by atoms with E-state index in [1.54, 1.807) is 24.3 Å². The first kappa shape index (κ1) is 13.5. The highest BCUT2D eigenvalue weighted by atomic mass is 19.1. The van der Waals surface area contributed by atoms with E-state index in [1.807, 2.05) is 13.0 Å². The SMILES string of the molecule is C=C/C(=C(/O)CC)c1cccc(C(N)CF)c1. The van der Waals surface area contributed by atoms with E-state index in [-0.39, 0.29) is 5.76 Å². The minimum atomic E-state index is -0.621. The van der Waals surface area contributed by atoms with Gasteiger partial charge in [-0.15, -0.1) is 0 Å². The first-order valence-corrected chi connectivity index (χ1v) is 5.60. The summed E-state index contributed by atoms with van der Waals surface area (Å²) in [5.41, 5.74) is 7.82. The average Bonchev–Trinajstić information content (AvgIpc) is 2.38. The van der Waals surface area contributed by atoms with Gasteiger partial charge in [-0.3, -0.25) is 0 Å². The van der Waals surface area contributed by atoms with E-state index in [4.69, 9.17) is 5.73 Å². The molecule has 3 N–H and O–H groups in total. The van der Waals surface area contributed by atoms with Gasteiger partial charge in [-0.25, -0.2) is 4.39 Å². The van der Waals surface area contributed by atoms with Crippen molar-refractivity contribution in [3.8, 4) is 0 Å². The van der Waals surface area contributed by atoms with Crippen molar-refractivity contribution >= 4 is 5.57 Å². The lowest BCUT2D eigenvalue weighted by Gasteiger charge is -2.11. The Balaban J connectivity index is 3.19. The fraction of sp³-hybridized carbons (Fsp3) is 0.286. The highest BCUT2D eigenvalue weighted by molar-refractivity contribution is 5.75. The molecule has 0 aliphatic heterocycles. The summed E-state index contributed by atoms with van der Waals surface area (Å²) in [5.74, 6) is 0.269. The van der Waals surface area contributed by atoms with Crippen LogP contribution in [0.3, 0.4) is 0 Å². The predicted octanol–water partition coefficient (Wildman–Crippen LogP) is 3.52. The molecule has 0 heterocycles. The molecule has 0 saturated heterocycles. The molecular weight excluding hydrogens is 217 g/mol. The summed E-state index contributed by atoms with van der Waals surface area (Å²) < 4.78 is 12.5. The van der Waals surface area contributed by atoms with Crippen LogP contribution in [0.4, 0.5) is 4.39 Å². The molecule has 0 radical (unpaired) electrons. The number of hydrogen-bond donors (Lipinski definition) is 2. The van der Waals surface area contributed by atoms with E-state index < -0.39 is 12.7 Å². The maximum atomic E-state index is 12.5. The first-order chi connectivity index (χ1) is 8.13. The van der Waals surface area contributed by atoms with E-state index in [1.165, 1.54) is 0 Å². The van der Waals surface area contributed by atoms with E-state index in [0.29, 0.717) is 17.6 Å². The zero-order valence-electron chi connectivity index (χ0n) is 9.99. The first-order valence-electron chi connectivity index (χ1n) is 5.60. The minimum absolute atomic E-state index is 0.269. The molecule has 0 aromatic heterocycles. The Morgan fingerprint density at radius 2 is 2.29 bits per heavy atom. The molecule has 1 rings (SSSR count). The number of alkyl halides is 1. The van der Waals surface area contributed by atoms with Crippen LogP contribution in [-0.4, -0.2) is 11.8 Å². The summed E-state index contributed by atoms with van der Waals surface area (Å²) in [4.78, 5) is 0. The zero-order chi connectivity index (χ0) is 12.8. The standard InChI is InChI=1S/C14H18FNO/c1-3-12(14(17)4-2)10-6-5-7-11(8-10)13(16)9-15/h3,5-8,13,17H,1,4,9,16H2,2H3/b14-12-. The highest BCUT2D eigenvalue weighted by Gasteiger charge is 2.08. The van der Waals surface area contributed by atoms with E-state index in [9.17, 15) is 9.50 Å². The third-order valence-electron chi connectivity index (χ3n) is 2.64. The van der Waals surface area contributed by atoms with Crippen LogP contribution in [0.1, 0.15) is 30.5 Å². The van der Waals surface area contributed by atoms with Crippen molar-refractivity contribution < 1.29 is 9.50 Å². The molecule has 2 nitrogen and oxygen atoms in total. The topological polar surface area (TPSA) is 46.2 Å². The number of hydrogen-bond acceptors (Lipinski definition) is 2. The Bertz CT molecular complexity index is 426. The molecule has 92 valence electrons. The molecule has 0 fully saturated rings. The molecule has 0 aliphatic rings. The van der Waals surface area contributed by atoms with Gasteiger partial charge in [0.15, 0.2) is 0 Å². The number of nitrogens with two attached hydrogens (primary N) is 1. The molecule has 0 bridgehead atoms. The summed E-state index contributed by atoms with van der Waals surface area (Å²) in [5, 5.41) is 9.76. The second-order valence-electron chi connectivity index (χ2n) is 3.80. The summed E-state index contributed by atoms with van der Waals surface area (Å²) in [6.07, 6.45) is 2.12. The smallest absolute Gasteiger partial charge is 0.109 e. The van der Waals surface area contributed by atoms with Gasteiger partial charge in [0.25, 0.3) is 0 Å². The third kappa shape index (κ3) is 3.17. The molecule has 0 spiro atoms. The van der Waals surface area contributed by atoms with Gasteiger partial charge in [-0.2, -0.15) is 0 Å². The number of aliphatic hydroxyl groups is 1. The molecule has 1 unspecified atom stereocenters. The van der Waals surface area contributed by atoms with Gasteiger partial charge in [0.2, 0.25) is 0 Å². The second-order valence-corrected chi connectivity index (χ2v) is 3.80. The fourth-order valence-corrected chi connectivity index (χ4v) is 1.62. The Morgan fingerprint density at radius 3 is 2.82 bits per heavy atom. The van der Waals surface area contributed by atoms with Gasteiger partial charge in [0, 0.05) is 12.0 Å². The van der Waals surface area contributed by atoms with Crippen LogP contribution in [-0.2, 0) is 0 Å². The normalized spacial score (nSPS) is 14.1. The van der Waals surface area contributed by atoms with Crippen LogP contribution in [0, 0.1) is 0 Å². The van der Waals surface area contributed by atoms with Crippen LogP contribution in [0.5, 0.6) is 0 Å². The van der Waals surface area contributed by atoms with Crippen LogP contribution in [0.15, 0.2) is 42.7 Å². The third-order valence-corrected chi connectivity index (χ3v) is 2.64. The van der Waals surface area contributed by atoms with E-state index >= 15 is 0 Å². The molecule has 1 atom stereocenters. The van der Waals surface area contributed by atoms with Crippen molar-refractivity contribution in [2.24, 2.45) is 5.73 Å². The predicted molar refractivity (Wildman–Crippen MR) is 69.4 cm³/mol. The molecule has 1 aromatic rings. The van der Waals surface area contributed by atoms with Crippen molar-refractivity contribution in [1.82, 2.24) is 0 Å². The second kappa shape index (κ2) is 6.21. The summed E-state index contributed by atoms with van der Waals surface area (Å²) >= 11 is 0. The molecule has 1 aromatic carbocycles. The average molecular weight is 235 g/mol. The van der Waals surface area contributed by atoms with Gasteiger partial charge >= 0.3 is 0 Å². The largest absolute Gasteiger partial charge is 0.512 e. The monoisotopic (exact) mass is 235 g/mol. The molecule has 3 heteroatoms. The summed E-state index contributed by atoms with van der Waals surface area (Å²) in [6, 6.07) is 6.58. The lowest BCUT2D eigenvalue weighted by Crippen LogP contribution is -2.12. The van der Waals surface area contributed by atoms with Gasteiger partial charge < -0.3 is 10.8 Å². The van der Waals surface area contributed by atoms with E-state index in [2.05, 4.69) is 6.58 Å². The number of allylic oxidation sites excluding steroid dienone is 3. The van der Waals surface area contributed by atoms with Crippen molar-refractivity contribution in [2.45, 2.75) is 19.4 Å². The zero-order valence-corrected chi connectivity index (χ0v) is 9.99. The van der Waals surface area contributed by atoms with Crippen molar-refractivity contribution in [3.63, 3.8) is 0 Å². The Hall–Kier alpha value is -1.61. The van der Waals surface area contributed by atoms with Gasteiger partial charge in [0.05, 0.1) is 11.8 Å². The molecule has 0 amide bonds. The summed E-state index contributed by atoms with van der Waals surface area (Å²) in [7, 11) is 0. The number of benzene rings is 1. The number of rotatable bonds is 5. The van der Waals surface area contributed by atoms with Crippen molar-refractivity contribution in [3.05, 3.63) is 53.8 Å². The van der Waals surface area contributed by atoms with Crippen molar-refractivity contribution in [1.29, 1.82) is 0 Å².